The highest BCUT2D eigenvalue weighted by molar-refractivity contribution is 5.74. The quantitative estimate of drug-likeness (QED) is 0.838. The van der Waals surface area contributed by atoms with Crippen LogP contribution in [0.3, 0.4) is 0 Å². The van der Waals surface area contributed by atoms with E-state index in [1.54, 1.807) is 4.90 Å². The number of nitrogens with one attached hydrogen (secondary N) is 1. The highest BCUT2D eigenvalue weighted by Gasteiger charge is 2.42. The summed E-state index contributed by atoms with van der Waals surface area (Å²) in [4.78, 5) is 18.0. The molecule has 1 saturated carbocycles. The smallest absolute Gasteiger partial charge is 0.319 e. The maximum absolute atomic E-state index is 12.0. The normalized spacial score (nSPS) is 33.7. The predicted octanol–water partition coefficient (Wildman–Crippen LogP) is 0.956. The standard InChI is InChI=1S/C17H29N5O/c1-20(2)17(23)22-11-13-8-15(9-14(13)12-22)19-5-7-21-6-3-4-16(21)10-18/h13-16,19H,3-9,11-12H2,1-2H3/t13-,14+,15?,16-/m0/s1. The van der Waals surface area contributed by atoms with Crippen molar-refractivity contribution in [2.45, 2.75) is 37.8 Å². The molecule has 1 unspecified atom stereocenters. The van der Waals surface area contributed by atoms with Gasteiger partial charge in [0.05, 0.1) is 12.1 Å². The van der Waals surface area contributed by atoms with E-state index in [0.29, 0.717) is 17.9 Å². The van der Waals surface area contributed by atoms with Gasteiger partial charge in [-0.1, -0.05) is 0 Å². The Balaban J connectivity index is 1.38. The van der Waals surface area contributed by atoms with Crippen molar-refractivity contribution in [2.75, 3.05) is 46.8 Å². The number of fused-ring (bicyclic) bond motifs is 1. The van der Waals surface area contributed by atoms with E-state index in [4.69, 9.17) is 5.26 Å². The number of hydrogen-bond acceptors (Lipinski definition) is 4. The van der Waals surface area contributed by atoms with Crippen molar-refractivity contribution in [2.24, 2.45) is 11.8 Å². The van der Waals surface area contributed by atoms with Crippen molar-refractivity contribution < 1.29 is 4.79 Å². The first-order chi connectivity index (χ1) is 11.1. The molecule has 6 nitrogen and oxygen atoms in total. The largest absolute Gasteiger partial charge is 0.331 e. The fourth-order valence-electron chi connectivity index (χ4n) is 4.56. The number of rotatable bonds is 4. The number of nitriles is 1. The molecule has 3 rings (SSSR count). The highest BCUT2D eigenvalue weighted by atomic mass is 16.2. The third kappa shape index (κ3) is 3.61. The zero-order chi connectivity index (χ0) is 16.4. The number of carbonyl (C=O) groups excluding carboxylic acids is 1. The molecule has 3 fully saturated rings. The predicted molar refractivity (Wildman–Crippen MR) is 88.9 cm³/mol. The summed E-state index contributed by atoms with van der Waals surface area (Å²) in [5, 5.41) is 12.8. The molecule has 2 saturated heterocycles. The van der Waals surface area contributed by atoms with Crippen LogP contribution < -0.4 is 5.32 Å². The van der Waals surface area contributed by atoms with Crippen LogP contribution >= 0.6 is 0 Å². The lowest BCUT2D eigenvalue weighted by Crippen LogP contribution is -2.40. The Labute approximate surface area is 139 Å². The van der Waals surface area contributed by atoms with Crippen LogP contribution in [0.1, 0.15) is 25.7 Å². The summed E-state index contributed by atoms with van der Waals surface area (Å²) in [7, 11) is 3.65. The van der Waals surface area contributed by atoms with Crippen molar-refractivity contribution in [3.05, 3.63) is 0 Å². The first-order valence-electron chi connectivity index (χ1n) is 8.91. The van der Waals surface area contributed by atoms with Crippen LogP contribution in [-0.4, -0.2) is 79.6 Å². The summed E-state index contributed by atoms with van der Waals surface area (Å²) in [6, 6.07) is 3.28. The Hall–Kier alpha value is -1.32. The van der Waals surface area contributed by atoms with E-state index in [-0.39, 0.29) is 12.1 Å². The molecule has 6 heteroatoms. The van der Waals surface area contributed by atoms with Crippen LogP contribution in [0.15, 0.2) is 0 Å². The molecule has 1 N–H and O–H groups in total. The van der Waals surface area contributed by atoms with E-state index >= 15 is 0 Å². The molecule has 3 aliphatic rings. The van der Waals surface area contributed by atoms with E-state index in [1.807, 2.05) is 19.0 Å². The summed E-state index contributed by atoms with van der Waals surface area (Å²) < 4.78 is 0. The molecule has 0 spiro atoms. The zero-order valence-corrected chi connectivity index (χ0v) is 14.4. The molecule has 2 heterocycles. The number of nitrogens with zero attached hydrogens (tertiary/aromatic N) is 4. The summed E-state index contributed by atoms with van der Waals surface area (Å²) in [5.41, 5.74) is 0. The van der Waals surface area contributed by atoms with E-state index < -0.39 is 0 Å². The van der Waals surface area contributed by atoms with Crippen LogP contribution in [0.4, 0.5) is 4.79 Å². The van der Waals surface area contributed by atoms with Gasteiger partial charge in [-0.25, -0.2) is 4.79 Å². The number of hydrogen-bond donors (Lipinski definition) is 1. The molecule has 0 aromatic carbocycles. The third-order valence-corrected chi connectivity index (χ3v) is 5.75. The van der Waals surface area contributed by atoms with Gasteiger partial charge in [0.1, 0.15) is 0 Å². The Kier molecular flexibility index (Phi) is 5.08. The topological polar surface area (TPSA) is 62.6 Å². The summed E-state index contributed by atoms with van der Waals surface area (Å²) in [6.07, 6.45) is 4.55. The highest BCUT2D eigenvalue weighted by Crippen LogP contribution is 2.38. The number of likely N-dealkylation sites (tertiary alicyclic amines) is 2. The molecular weight excluding hydrogens is 290 g/mol. The molecule has 0 aromatic heterocycles. The van der Waals surface area contributed by atoms with Crippen molar-refractivity contribution in [1.29, 1.82) is 5.26 Å². The monoisotopic (exact) mass is 319 g/mol. The van der Waals surface area contributed by atoms with Gasteiger partial charge >= 0.3 is 6.03 Å². The van der Waals surface area contributed by atoms with Gasteiger partial charge in [0.15, 0.2) is 0 Å². The average molecular weight is 319 g/mol. The van der Waals surface area contributed by atoms with Crippen LogP contribution in [0.2, 0.25) is 0 Å². The Morgan fingerprint density at radius 2 is 2.00 bits per heavy atom. The van der Waals surface area contributed by atoms with Crippen LogP contribution in [0, 0.1) is 23.2 Å². The molecule has 1 aliphatic carbocycles. The Morgan fingerprint density at radius 3 is 2.61 bits per heavy atom. The fourth-order valence-corrected chi connectivity index (χ4v) is 4.56. The van der Waals surface area contributed by atoms with Gasteiger partial charge in [-0.2, -0.15) is 5.26 Å². The van der Waals surface area contributed by atoms with Crippen molar-refractivity contribution in [3.63, 3.8) is 0 Å². The maximum Gasteiger partial charge on any atom is 0.319 e. The fraction of sp³-hybridized carbons (Fsp3) is 0.882. The minimum atomic E-state index is 0.130. The molecule has 2 amide bonds. The van der Waals surface area contributed by atoms with Crippen LogP contribution in [-0.2, 0) is 0 Å². The lowest BCUT2D eigenvalue weighted by molar-refractivity contribution is 0.177. The molecule has 4 atom stereocenters. The Bertz CT molecular complexity index is 460. The molecule has 0 bridgehead atoms. The molecule has 2 aliphatic heterocycles. The third-order valence-electron chi connectivity index (χ3n) is 5.75. The van der Waals surface area contributed by atoms with Gasteiger partial charge in [-0.15, -0.1) is 0 Å². The maximum atomic E-state index is 12.0. The SMILES string of the molecule is CN(C)C(=O)N1C[C@H]2CC(NCCN3CCC[C@H]3C#N)C[C@H]2C1. The first-order valence-corrected chi connectivity index (χ1v) is 8.91. The summed E-state index contributed by atoms with van der Waals surface area (Å²) in [5.74, 6) is 1.32. The van der Waals surface area contributed by atoms with Gasteiger partial charge in [-0.05, 0) is 44.1 Å². The van der Waals surface area contributed by atoms with Crippen LogP contribution in [0.25, 0.3) is 0 Å². The second-order valence-corrected chi connectivity index (χ2v) is 7.55. The van der Waals surface area contributed by atoms with Gasteiger partial charge < -0.3 is 15.1 Å². The van der Waals surface area contributed by atoms with Crippen molar-refractivity contribution >= 4 is 6.03 Å². The van der Waals surface area contributed by atoms with Gasteiger partial charge in [-0.3, -0.25) is 4.90 Å². The number of urea groups is 1. The second kappa shape index (κ2) is 7.06. The Morgan fingerprint density at radius 1 is 1.30 bits per heavy atom. The average Bonchev–Trinajstić information content (AvgIpc) is 3.20. The second-order valence-electron chi connectivity index (χ2n) is 7.55. The van der Waals surface area contributed by atoms with E-state index in [2.05, 4.69) is 16.3 Å². The number of carbonyl (C=O) groups is 1. The number of amides is 2. The van der Waals surface area contributed by atoms with Crippen molar-refractivity contribution in [3.8, 4) is 6.07 Å². The van der Waals surface area contributed by atoms with Crippen molar-refractivity contribution in [1.82, 2.24) is 20.0 Å². The van der Waals surface area contributed by atoms with Gasteiger partial charge in [0.2, 0.25) is 0 Å². The lowest BCUT2D eigenvalue weighted by atomic mass is 10.0. The van der Waals surface area contributed by atoms with Gasteiger partial charge in [0.25, 0.3) is 0 Å². The minimum Gasteiger partial charge on any atom is -0.331 e. The van der Waals surface area contributed by atoms with E-state index in [0.717, 1.165) is 45.6 Å². The lowest BCUT2D eigenvalue weighted by Gasteiger charge is -2.24. The zero-order valence-electron chi connectivity index (χ0n) is 14.4. The minimum absolute atomic E-state index is 0.130. The van der Waals surface area contributed by atoms with Gasteiger partial charge in [0, 0.05) is 46.3 Å². The molecule has 128 valence electrons. The molecule has 0 radical (unpaired) electrons. The first kappa shape index (κ1) is 16.5. The molecular formula is C17H29N5O. The summed E-state index contributed by atoms with van der Waals surface area (Å²) in [6.45, 7) is 4.86. The molecule has 0 aromatic rings. The van der Waals surface area contributed by atoms with Crippen LogP contribution in [0.5, 0.6) is 0 Å². The van der Waals surface area contributed by atoms with E-state index in [1.165, 1.54) is 12.8 Å². The molecule has 23 heavy (non-hydrogen) atoms. The van der Waals surface area contributed by atoms with E-state index in [9.17, 15) is 4.79 Å². The summed E-state index contributed by atoms with van der Waals surface area (Å²) >= 11 is 0.